The summed E-state index contributed by atoms with van der Waals surface area (Å²) in [5.74, 6) is 0.917. The zero-order valence-electron chi connectivity index (χ0n) is 20.1. The second-order valence-electron chi connectivity index (χ2n) is 9.84. The molecule has 6 aromatic rings. The summed E-state index contributed by atoms with van der Waals surface area (Å²) in [5.41, 5.74) is 7.85. The molecule has 0 aliphatic carbocycles. The van der Waals surface area contributed by atoms with Crippen molar-refractivity contribution in [2.75, 3.05) is 0 Å². The van der Waals surface area contributed by atoms with Gasteiger partial charge in [0, 0.05) is 33.2 Å². The summed E-state index contributed by atoms with van der Waals surface area (Å²) < 4.78 is 7.05. The van der Waals surface area contributed by atoms with Crippen LogP contribution in [-0.2, 0) is 5.54 Å². The van der Waals surface area contributed by atoms with Crippen LogP contribution in [-0.4, -0.2) is 18.5 Å². The van der Waals surface area contributed by atoms with Gasteiger partial charge in [0.2, 0.25) is 5.78 Å². The van der Waals surface area contributed by atoms with Gasteiger partial charge in [-0.1, -0.05) is 55.1 Å². The third kappa shape index (κ3) is 2.75. The molecule has 0 aliphatic heterocycles. The number of rotatable bonds is 3. The molecular formula is C30H28N4. The van der Waals surface area contributed by atoms with Gasteiger partial charge < -0.3 is 4.57 Å². The number of benzene rings is 3. The number of fused-ring (bicyclic) bond motifs is 7. The Morgan fingerprint density at radius 2 is 1.59 bits per heavy atom. The molecule has 0 spiro atoms. The summed E-state index contributed by atoms with van der Waals surface area (Å²) in [7, 11) is 0. The molecule has 0 saturated heterocycles. The summed E-state index contributed by atoms with van der Waals surface area (Å²) in [6.45, 7) is 12.9. The smallest absolute Gasteiger partial charge is 0.220 e. The zero-order valence-corrected chi connectivity index (χ0v) is 20.1. The minimum absolute atomic E-state index is 0.103. The highest BCUT2D eigenvalue weighted by Gasteiger charge is 2.26. The lowest BCUT2D eigenvalue weighted by molar-refractivity contribution is 0.424. The monoisotopic (exact) mass is 444 g/mol. The third-order valence-electron chi connectivity index (χ3n) is 6.66. The van der Waals surface area contributed by atoms with E-state index in [1.165, 1.54) is 21.8 Å². The Balaban J connectivity index is 1.90. The van der Waals surface area contributed by atoms with Gasteiger partial charge in [-0.15, -0.1) is 0 Å². The number of aromatic nitrogens is 4. The molecule has 0 N–H and O–H groups in total. The largest absolute Gasteiger partial charge is 0.333 e. The van der Waals surface area contributed by atoms with Crippen LogP contribution in [0.5, 0.6) is 0 Å². The van der Waals surface area contributed by atoms with Crippen LogP contribution in [0.25, 0.3) is 50.4 Å². The second kappa shape index (κ2) is 7.22. The maximum atomic E-state index is 5.18. The minimum atomic E-state index is -0.103. The predicted octanol–water partition coefficient (Wildman–Crippen LogP) is 7.65. The molecule has 0 unspecified atom stereocenters. The first-order valence-electron chi connectivity index (χ1n) is 11.7. The first kappa shape index (κ1) is 20.5. The molecule has 0 saturated carbocycles. The van der Waals surface area contributed by atoms with E-state index in [2.05, 4.69) is 115 Å². The van der Waals surface area contributed by atoms with Crippen molar-refractivity contribution in [1.29, 1.82) is 0 Å². The molecular weight excluding hydrogens is 416 g/mol. The number of nitrogens with zero attached hydrogens (tertiary/aromatic N) is 4. The van der Waals surface area contributed by atoms with Gasteiger partial charge in [0.15, 0.2) is 0 Å². The van der Waals surface area contributed by atoms with E-state index in [1.54, 1.807) is 0 Å². The van der Waals surface area contributed by atoms with E-state index in [1.807, 2.05) is 18.2 Å². The second-order valence-corrected chi connectivity index (χ2v) is 9.84. The normalized spacial score (nSPS) is 12.7. The molecule has 3 heterocycles. The fourth-order valence-electron chi connectivity index (χ4n) is 5.34. The van der Waals surface area contributed by atoms with Crippen molar-refractivity contribution in [3.63, 3.8) is 0 Å². The SMILES string of the molecule is C=C/C=C\c1c(C)n(-c2ccccc2)c2nc3ccc4c5ccccc5n(C(C)(C)C)c4c3n12. The summed E-state index contributed by atoms with van der Waals surface area (Å²) in [4.78, 5) is 5.18. The van der Waals surface area contributed by atoms with E-state index in [9.17, 15) is 0 Å². The molecule has 0 atom stereocenters. The van der Waals surface area contributed by atoms with Crippen LogP contribution in [0.1, 0.15) is 32.2 Å². The lowest BCUT2D eigenvalue weighted by atomic mass is 10.1. The van der Waals surface area contributed by atoms with Crippen molar-refractivity contribution in [2.45, 2.75) is 33.2 Å². The van der Waals surface area contributed by atoms with Gasteiger partial charge in [-0.2, -0.15) is 0 Å². The van der Waals surface area contributed by atoms with Crippen LogP contribution in [0.15, 0.2) is 85.5 Å². The van der Waals surface area contributed by atoms with Crippen molar-refractivity contribution in [3.8, 4) is 5.69 Å². The highest BCUT2D eigenvalue weighted by Crippen LogP contribution is 2.39. The standard InChI is InChI=1S/C30H28N4/c1-6-7-16-25-20(2)32(21-13-9-8-10-14-21)29-31-24-19-18-23-22-15-11-12-17-26(22)34(30(3,4)5)27(23)28(24)33(25)29/h6-19H,1H2,2-5H3/b16-7-. The van der Waals surface area contributed by atoms with Crippen LogP contribution in [0.4, 0.5) is 0 Å². The van der Waals surface area contributed by atoms with E-state index in [0.29, 0.717) is 0 Å². The fourth-order valence-corrected chi connectivity index (χ4v) is 5.34. The molecule has 3 aromatic carbocycles. The van der Waals surface area contributed by atoms with E-state index >= 15 is 0 Å². The maximum absolute atomic E-state index is 5.18. The van der Waals surface area contributed by atoms with E-state index < -0.39 is 0 Å². The molecule has 6 rings (SSSR count). The topological polar surface area (TPSA) is 27.2 Å². The van der Waals surface area contributed by atoms with Crippen molar-refractivity contribution in [1.82, 2.24) is 18.5 Å². The van der Waals surface area contributed by atoms with Gasteiger partial charge >= 0.3 is 0 Å². The predicted molar refractivity (Wildman–Crippen MR) is 144 cm³/mol. The summed E-state index contributed by atoms with van der Waals surface area (Å²) in [6.07, 6.45) is 5.97. The lowest BCUT2D eigenvalue weighted by Gasteiger charge is -2.24. The van der Waals surface area contributed by atoms with Crippen molar-refractivity contribution in [3.05, 3.63) is 96.8 Å². The lowest BCUT2D eigenvalue weighted by Crippen LogP contribution is -2.21. The van der Waals surface area contributed by atoms with Crippen molar-refractivity contribution >= 4 is 44.7 Å². The Morgan fingerprint density at radius 1 is 0.853 bits per heavy atom. The number of imidazole rings is 2. The Labute approximate surface area is 199 Å². The average molecular weight is 445 g/mol. The van der Waals surface area contributed by atoms with Gasteiger partial charge in [-0.25, -0.2) is 4.98 Å². The van der Waals surface area contributed by atoms with Gasteiger partial charge in [0.25, 0.3) is 0 Å². The molecule has 0 amide bonds. The van der Waals surface area contributed by atoms with Crippen LogP contribution >= 0.6 is 0 Å². The van der Waals surface area contributed by atoms with Crippen LogP contribution in [0, 0.1) is 6.92 Å². The molecule has 0 bridgehead atoms. The van der Waals surface area contributed by atoms with E-state index in [0.717, 1.165) is 33.9 Å². The molecule has 0 aliphatic rings. The van der Waals surface area contributed by atoms with E-state index in [4.69, 9.17) is 4.98 Å². The fraction of sp³-hybridized carbons (Fsp3) is 0.167. The molecule has 168 valence electrons. The molecule has 4 nitrogen and oxygen atoms in total. The van der Waals surface area contributed by atoms with E-state index in [-0.39, 0.29) is 5.54 Å². The highest BCUT2D eigenvalue weighted by molar-refractivity contribution is 6.17. The van der Waals surface area contributed by atoms with Crippen LogP contribution in [0.2, 0.25) is 0 Å². The van der Waals surface area contributed by atoms with Gasteiger partial charge in [-0.3, -0.25) is 8.97 Å². The summed E-state index contributed by atoms with van der Waals surface area (Å²) >= 11 is 0. The van der Waals surface area contributed by atoms with Gasteiger partial charge in [0.05, 0.1) is 22.2 Å². The Kier molecular flexibility index (Phi) is 4.37. The van der Waals surface area contributed by atoms with Crippen LogP contribution in [0.3, 0.4) is 0 Å². The zero-order chi connectivity index (χ0) is 23.6. The molecule has 34 heavy (non-hydrogen) atoms. The highest BCUT2D eigenvalue weighted by atomic mass is 15.2. The van der Waals surface area contributed by atoms with Gasteiger partial charge in [0.1, 0.15) is 0 Å². The number of hydrogen-bond acceptors (Lipinski definition) is 1. The Morgan fingerprint density at radius 3 is 2.32 bits per heavy atom. The molecule has 3 aromatic heterocycles. The molecule has 0 fully saturated rings. The van der Waals surface area contributed by atoms with Crippen molar-refractivity contribution in [2.24, 2.45) is 0 Å². The average Bonchev–Trinajstić information content (AvgIpc) is 3.44. The first-order chi connectivity index (χ1) is 16.4. The first-order valence-corrected chi connectivity index (χ1v) is 11.7. The summed E-state index contributed by atoms with van der Waals surface area (Å²) in [6, 6.07) is 23.6. The minimum Gasteiger partial charge on any atom is -0.333 e. The quantitative estimate of drug-likeness (QED) is 0.258. The number of allylic oxidation sites excluding steroid dienone is 2. The maximum Gasteiger partial charge on any atom is 0.220 e. The van der Waals surface area contributed by atoms with Crippen LogP contribution < -0.4 is 0 Å². The molecule has 4 heteroatoms. The molecule has 0 radical (unpaired) electrons. The Bertz CT molecular complexity index is 1750. The Hall–Kier alpha value is -4.05. The van der Waals surface area contributed by atoms with Gasteiger partial charge in [-0.05, 0) is 64.1 Å². The number of para-hydroxylation sites is 2. The summed E-state index contributed by atoms with van der Waals surface area (Å²) in [5, 5.41) is 2.52. The van der Waals surface area contributed by atoms with Crippen molar-refractivity contribution < 1.29 is 0 Å². The third-order valence-corrected chi connectivity index (χ3v) is 6.66. The number of hydrogen-bond donors (Lipinski definition) is 0.